The van der Waals surface area contributed by atoms with Crippen molar-refractivity contribution in [2.45, 2.75) is 32.7 Å². The van der Waals surface area contributed by atoms with E-state index in [9.17, 15) is 0 Å². The van der Waals surface area contributed by atoms with Crippen LogP contribution in [0.3, 0.4) is 0 Å². The molecular weight excluding hydrogens is 349 g/mol. The van der Waals surface area contributed by atoms with Crippen LogP contribution in [-0.4, -0.2) is 25.6 Å². The monoisotopic (exact) mass is 373 g/mol. The van der Waals surface area contributed by atoms with E-state index in [0.29, 0.717) is 6.04 Å². The van der Waals surface area contributed by atoms with Gasteiger partial charge in [0.05, 0.1) is 0 Å². The van der Waals surface area contributed by atoms with Crippen molar-refractivity contribution in [1.82, 2.24) is 10.6 Å². The summed E-state index contributed by atoms with van der Waals surface area (Å²) in [6.45, 7) is 5.31. The molecule has 4 heteroatoms. The molecule has 1 aromatic carbocycles. The number of hydrogen-bond donors (Lipinski definition) is 2. The highest BCUT2D eigenvalue weighted by Crippen LogP contribution is 2.28. The Morgan fingerprint density at radius 1 is 1.42 bits per heavy atom. The van der Waals surface area contributed by atoms with Gasteiger partial charge in [-0.2, -0.15) is 0 Å². The van der Waals surface area contributed by atoms with E-state index < -0.39 is 0 Å². The molecular formula is C15H24IN3. The number of aryl methyl sites for hydroxylation is 1. The summed E-state index contributed by atoms with van der Waals surface area (Å²) < 4.78 is 0. The predicted octanol–water partition coefficient (Wildman–Crippen LogP) is 2.73. The zero-order valence-electron chi connectivity index (χ0n) is 11.9. The molecule has 1 saturated carbocycles. The van der Waals surface area contributed by atoms with Crippen LogP contribution in [0, 0.1) is 12.8 Å². The van der Waals surface area contributed by atoms with E-state index in [-0.39, 0.29) is 24.0 Å². The van der Waals surface area contributed by atoms with Gasteiger partial charge in [0.1, 0.15) is 0 Å². The fourth-order valence-corrected chi connectivity index (χ4v) is 2.09. The number of halogens is 1. The molecule has 3 nitrogen and oxygen atoms in total. The maximum Gasteiger partial charge on any atom is 0.191 e. The number of guanidine groups is 1. The smallest absolute Gasteiger partial charge is 0.191 e. The summed E-state index contributed by atoms with van der Waals surface area (Å²) in [4.78, 5) is 4.25. The Bertz CT molecular complexity index is 431. The topological polar surface area (TPSA) is 36.4 Å². The van der Waals surface area contributed by atoms with Crippen LogP contribution in [0.5, 0.6) is 0 Å². The average Bonchev–Trinajstić information content (AvgIpc) is 3.04. The fourth-order valence-electron chi connectivity index (χ4n) is 2.09. The Kier molecular flexibility index (Phi) is 6.62. The summed E-state index contributed by atoms with van der Waals surface area (Å²) in [7, 11) is 1.83. The molecule has 106 valence electrons. The zero-order valence-corrected chi connectivity index (χ0v) is 14.3. The maximum absolute atomic E-state index is 4.25. The average molecular weight is 373 g/mol. The van der Waals surface area contributed by atoms with Gasteiger partial charge in [0.15, 0.2) is 5.96 Å². The highest BCUT2D eigenvalue weighted by Gasteiger charge is 2.33. The van der Waals surface area contributed by atoms with Crippen molar-refractivity contribution in [2.75, 3.05) is 13.6 Å². The van der Waals surface area contributed by atoms with E-state index in [1.54, 1.807) is 0 Å². The van der Waals surface area contributed by atoms with Crippen molar-refractivity contribution in [3.8, 4) is 0 Å². The Balaban J connectivity index is 0.00000180. The first-order chi connectivity index (χ1) is 8.69. The first-order valence-electron chi connectivity index (χ1n) is 6.72. The Morgan fingerprint density at radius 2 is 2.16 bits per heavy atom. The maximum atomic E-state index is 4.25. The van der Waals surface area contributed by atoms with Crippen LogP contribution in [0.2, 0.25) is 0 Å². The Labute approximate surface area is 133 Å². The molecule has 0 spiro atoms. The number of benzene rings is 1. The lowest BCUT2D eigenvalue weighted by atomic mass is 10.1. The molecule has 0 saturated heterocycles. The number of nitrogens with zero attached hydrogens (tertiary/aromatic N) is 1. The summed E-state index contributed by atoms with van der Waals surface area (Å²) in [5.41, 5.74) is 2.69. The minimum atomic E-state index is 0. The molecule has 1 aliphatic rings. The first kappa shape index (κ1) is 16.3. The lowest BCUT2D eigenvalue weighted by Crippen LogP contribution is -2.39. The summed E-state index contributed by atoms with van der Waals surface area (Å²) >= 11 is 0. The van der Waals surface area contributed by atoms with E-state index in [0.717, 1.165) is 24.8 Å². The number of nitrogens with one attached hydrogen (secondary N) is 2. The van der Waals surface area contributed by atoms with Gasteiger partial charge in [-0.25, -0.2) is 0 Å². The number of aliphatic imine (C=N–C) groups is 1. The van der Waals surface area contributed by atoms with Gasteiger partial charge in [-0.05, 0) is 31.2 Å². The summed E-state index contributed by atoms with van der Waals surface area (Å²) in [6.07, 6.45) is 2.29. The quantitative estimate of drug-likeness (QED) is 0.484. The fraction of sp³-hybridized carbons (Fsp3) is 0.533. The van der Waals surface area contributed by atoms with Crippen molar-refractivity contribution in [3.05, 3.63) is 35.4 Å². The second kappa shape index (κ2) is 7.72. The van der Waals surface area contributed by atoms with Crippen LogP contribution in [0.15, 0.2) is 29.3 Å². The second-order valence-electron chi connectivity index (χ2n) is 5.20. The highest BCUT2D eigenvalue weighted by molar-refractivity contribution is 14.0. The van der Waals surface area contributed by atoms with Crippen LogP contribution in [0.4, 0.5) is 0 Å². The van der Waals surface area contributed by atoms with Crippen molar-refractivity contribution >= 4 is 29.9 Å². The molecule has 0 aliphatic heterocycles. The summed E-state index contributed by atoms with van der Waals surface area (Å²) in [5.74, 6) is 1.72. The molecule has 0 heterocycles. The van der Waals surface area contributed by atoms with Gasteiger partial charge in [-0.15, -0.1) is 24.0 Å². The molecule has 0 radical (unpaired) electrons. The SMILES string of the molecule is CN=C(NCCc1cccc(C)c1)NC1CC1C.I. The molecule has 1 aliphatic carbocycles. The Hall–Kier alpha value is -0.780. The van der Waals surface area contributed by atoms with Crippen molar-refractivity contribution in [1.29, 1.82) is 0 Å². The molecule has 0 aromatic heterocycles. The summed E-state index contributed by atoms with van der Waals surface area (Å²) in [5, 5.41) is 6.80. The minimum absolute atomic E-state index is 0. The molecule has 2 N–H and O–H groups in total. The van der Waals surface area contributed by atoms with Crippen molar-refractivity contribution in [2.24, 2.45) is 10.9 Å². The van der Waals surface area contributed by atoms with Gasteiger partial charge in [-0.1, -0.05) is 36.8 Å². The molecule has 1 fully saturated rings. The van der Waals surface area contributed by atoms with E-state index in [4.69, 9.17) is 0 Å². The molecule has 0 bridgehead atoms. The molecule has 19 heavy (non-hydrogen) atoms. The van der Waals surface area contributed by atoms with Crippen LogP contribution < -0.4 is 10.6 Å². The molecule has 2 atom stereocenters. The van der Waals surface area contributed by atoms with Crippen molar-refractivity contribution < 1.29 is 0 Å². The van der Waals surface area contributed by atoms with Crippen LogP contribution >= 0.6 is 24.0 Å². The van der Waals surface area contributed by atoms with E-state index in [1.165, 1.54) is 17.5 Å². The van der Waals surface area contributed by atoms with Crippen LogP contribution in [0.1, 0.15) is 24.5 Å². The van der Waals surface area contributed by atoms with Crippen LogP contribution in [0.25, 0.3) is 0 Å². The van der Waals surface area contributed by atoms with E-state index >= 15 is 0 Å². The van der Waals surface area contributed by atoms with Gasteiger partial charge in [-0.3, -0.25) is 4.99 Å². The van der Waals surface area contributed by atoms with Gasteiger partial charge in [0.2, 0.25) is 0 Å². The Morgan fingerprint density at radius 3 is 2.74 bits per heavy atom. The van der Waals surface area contributed by atoms with E-state index in [2.05, 4.69) is 53.7 Å². The highest BCUT2D eigenvalue weighted by atomic mass is 127. The predicted molar refractivity (Wildman–Crippen MR) is 92.4 cm³/mol. The largest absolute Gasteiger partial charge is 0.356 e. The molecule has 0 amide bonds. The third-order valence-electron chi connectivity index (χ3n) is 3.44. The third kappa shape index (κ3) is 5.38. The molecule has 2 rings (SSSR count). The van der Waals surface area contributed by atoms with Gasteiger partial charge in [0, 0.05) is 19.6 Å². The second-order valence-corrected chi connectivity index (χ2v) is 5.20. The minimum Gasteiger partial charge on any atom is -0.356 e. The summed E-state index contributed by atoms with van der Waals surface area (Å²) in [6, 6.07) is 9.28. The zero-order chi connectivity index (χ0) is 13.0. The van der Waals surface area contributed by atoms with Crippen molar-refractivity contribution in [3.63, 3.8) is 0 Å². The first-order valence-corrected chi connectivity index (χ1v) is 6.72. The third-order valence-corrected chi connectivity index (χ3v) is 3.44. The number of hydrogen-bond acceptors (Lipinski definition) is 1. The molecule has 1 aromatic rings. The lowest BCUT2D eigenvalue weighted by molar-refractivity contribution is 0.758. The van der Waals surface area contributed by atoms with Gasteiger partial charge >= 0.3 is 0 Å². The van der Waals surface area contributed by atoms with Gasteiger partial charge < -0.3 is 10.6 Å². The number of rotatable bonds is 4. The standard InChI is InChI=1S/C15H23N3.HI/c1-11-5-4-6-13(9-11)7-8-17-15(16-3)18-14-10-12(14)2;/h4-6,9,12,14H,7-8,10H2,1-3H3,(H2,16,17,18);1H. The van der Waals surface area contributed by atoms with Gasteiger partial charge in [0.25, 0.3) is 0 Å². The normalized spacial score (nSPS) is 21.5. The van der Waals surface area contributed by atoms with E-state index in [1.807, 2.05) is 7.05 Å². The van der Waals surface area contributed by atoms with Crippen LogP contribution in [-0.2, 0) is 6.42 Å². The molecule has 2 unspecified atom stereocenters. The lowest BCUT2D eigenvalue weighted by Gasteiger charge is -2.11.